The molecule has 0 spiro atoms. The zero-order valence-electron chi connectivity index (χ0n) is 29.6. The topological polar surface area (TPSA) is 66.2 Å². The summed E-state index contributed by atoms with van der Waals surface area (Å²) in [6, 6.07) is 21.7. The minimum Gasteiger partial charge on any atom is -0.350 e. The van der Waals surface area contributed by atoms with Crippen LogP contribution in [0, 0.1) is 0 Å². The van der Waals surface area contributed by atoms with Crippen LogP contribution in [-0.4, -0.2) is 67.9 Å². The highest BCUT2D eigenvalue weighted by Gasteiger charge is 2.33. The second-order valence-electron chi connectivity index (χ2n) is 14.3. The van der Waals surface area contributed by atoms with Crippen LogP contribution in [0.1, 0.15) is 62.0 Å². The SMILES string of the molecule is C=CCCC(C=C)N1CCCc2c(C3CCC(N4CCN(c5ccc(-n6ccc7nnc(-c8ccccc8)cc76)nc5)C(=C)C4)CC3)ccnc21. The molecule has 6 heterocycles. The molecule has 260 valence electrons. The predicted octanol–water partition coefficient (Wildman–Crippen LogP) is 8.51. The quantitative estimate of drug-likeness (QED) is 0.137. The van der Waals surface area contributed by atoms with Crippen molar-refractivity contribution in [1.82, 2.24) is 29.6 Å². The first-order valence-corrected chi connectivity index (χ1v) is 18.6. The van der Waals surface area contributed by atoms with Gasteiger partial charge in [0, 0.05) is 61.9 Å². The molecule has 51 heavy (non-hydrogen) atoms. The fourth-order valence-corrected chi connectivity index (χ4v) is 8.65. The molecule has 8 nitrogen and oxygen atoms in total. The lowest BCUT2D eigenvalue weighted by Crippen LogP contribution is -2.49. The van der Waals surface area contributed by atoms with Gasteiger partial charge >= 0.3 is 0 Å². The minimum absolute atomic E-state index is 0.310. The number of fused-ring (bicyclic) bond motifs is 2. The second kappa shape index (κ2) is 14.6. The van der Waals surface area contributed by atoms with Gasteiger partial charge in [0.25, 0.3) is 0 Å². The van der Waals surface area contributed by atoms with E-state index in [-0.39, 0.29) is 0 Å². The number of allylic oxidation sites excluding steroid dienone is 1. The number of aromatic nitrogens is 5. The standard InChI is InChI=1S/C43H48N8/c1-4-6-13-34(5-2)50-24-10-14-38-37(21-23-44-43(38)50)32-15-17-35(18-16-32)48-26-27-49(31(3)30-48)36-19-20-42(45-29-36)51-25-22-39-41(51)28-40(47-46-39)33-11-8-7-9-12-33/h4-5,7-9,11-12,19-23,25,28-29,32,34-35H,1-3,6,10,13-18,24,26-27,30H2. The van der Waals surface area contributed by atoms with Crippen molar-refractivity contribution in [1.29, 1.82) is 0 Å². The molecule has 1 saturated carbocycles. The van der Waals surface area contributed by atoms with Crippen molar-refractivity contribution in [2.24, 2.45) is 0 Å². The van der Waals surface area contributed by atoms with Gasteiger partial charge in [0.1, 0.15) is 17.2 Å². The molecule has 1 saturated heterocycles. The monoisotopic (exact) mass is 676 g/mol. The molecule has 2 aliphatic heterocycles. The lowest BCUT2D eigenvalue weighted by atomic mass is 9.78. The van der Waals surface area contributed by atoms with E-state index < -0.39 is 0 Å². The van der Waals surface area contributed by atoms with Crippen molar-refractivity contribution in [3.05, 3.63) is 128 Å². The predicted molar refractivity (Wildman–Crippen MR) is 208 cm³/mol. The first kappa shape index (κ1) is 33.1. The van der Waals surface area contributed by atoms with E-state index in [4.69, 9.17) is 9.97 Å². The number of hydrogen-bond acceptors (Lipinski definition) is 7. The van der Waals surface area contributed by atoms with Crippen LogP contribution in [0.25, 0.3) is 28.1 Å². The van der Waals surface area contributed by atoms with Gasteiger partial charge in [-0.3, -0.25) is 9.47 Å². The largest absolute Gasteiger partial charge is 0.350 e. The third-order valence-electron chi connectivity index (χ3n) is 11.3. The lowest BCUT2D eigenvalue weighted by molar-refractivity contribution is 0.153. The highest BCUT2D eigenvalue weighted by molar-refractivity contribution is 5.81. The summed E-state index contributed by atoms with van der Waals surface area (Å²) in [6.07, 6.45) is 19.4. The van der Waals surface area contributed by atoms with Gasteiger partial charge in [0.05, 0.1) is 23.1 Å². The van der Waals surface area contributed by atoms with Crippen molar-refractivity contribution < 1.29 is 0 Å². The van der Waals surface area contributed by atoms with Gasteiger partial charge in [-0.1, -0.05) is 49.1 Å². The Morgan fingerprint density at radius 1 is 0.902 bits per heavy atom. The maximum Gasteiger partial charge on any atom is 0.137 e. The van der Waals surface area contributed by atoms with Gasteiger partial charge < -0.3 is 9.80 Å². The van der Waals surface area contributed by atoms with Gasteiger partial charge in [-0.05, 0) is 98.7 Å². The zero-order valence-corrected chi connectivity index (χ0v) is 29.6. The maximum absolute atomic E-state index is 4.92. The number of hydrogen-bond donors (Lipinski definition) is 0. The number of benzene rings is 1. The molecule has 8 rings (SSSR count). The van der Waals surface area contributed by atoms with E-state index in [9.17, 15) is 0 Å². The highest BCUT2D eigenvalue weighted by atomic mass is 15.3. The minimum atomic E-state index is 0.310. The number of nitrogens with zero attached hydrogens (tertiary/aromatic N) is 8. The van der Waals surface area contributed by atoms with Crippen molar-refractivity contribution in [2.75, 3.05) is 36.0 Å². The third kappa shape index (κ3) is 6.61. The molecule has 8 heteroatoms. The fourth-order valence-electron chi connectivity index (χ4n) is 8.65. The fraction of sp³-hybridized carbons (Fsp3) is 0.349. The van der Waals surface area contributed by atoms with Crippen LogP contribution in [0.2, 0.25) is 0 Å². The molecule has 2 fully saturated rings. The van der Waals surface area contributed by atoms with Crippen molar-refractivity contribution in [2.45, 2.75) is 69.4 Å². The number of pyridine rings is 2. The maximum atomic E-state index is 4.92. The molecule has 0 amide bonds. The Kier molecular flexibility index (Phi) is 9.50. The average Bonchev–Trinajstić information content (AvgIpc) is 3.62. The smallest absolute Gasteiger partial charge is 0.137 e. The van der Waals surface area contributed by atoms with E-state index in [0.717, 1.165) is 84.9 Å². The lowest BCUT2D eigenvalue weighted by Gasteiger charge is -2.44. The van der Waals surface area contributed by atoms with Crippen LogP contribution in [0.5, 0.6) is 0 Å². The molecule has 0 radical (unpaired) electrons. The Hall–Kier alpha value is -5.08. The first-order valence-electron chi connectivity index (χ1n) is 18.6. The van der Waals surface area contributed by atoms with Gasteiger partial charge in [0.2, 0.25) is 0 Å². The molecule has 0 bridgehead atoms. The summed E-state index contributed by atoms with van der Waals surface area (Å²) in [6.45, 7) is 16.5. The summed E-state index contributed by atoms with van der Waals surface area (Å²) >= 11 is 0. The van der Waals surface area contributed by atoms with Crippen LogP contribution in [-0.2, 0) is 6.42 Å². The molecule has 4 aromatic heterocycles. The number of piperazine rings is 1. The average molecular weight is 677 g/mol. The van der Waals surface area contributed by atoms with Gasteiger partial charge in [-0.25, -0.2) is 9.97 Å². The molecule has 3 aliphatic rings. The molecule has 5 aromatic rings. The zero-order chi connectivity index (χ0) is 34.7. The van der Waals surface area contributed by atoms with Gasteiger partial charge in [0.15, 0.2) is 0 Å². The van der Waals surface area contributed by atoms with E-state index in [0.29, 0.717) is 18.0 Å². The number of rotatable bonds is 10. The van der Waals surface area contributed by atoms with Crippen molar-refractivity contribution >= 4 is 22.5 Å². The van der Waals surface area contributed by atoms with Crippen LogP contribution in [0.3, 0.4) is 0 Å². The summed E-state index contributed by atoms with van der Waals surface area (Å²) in [7, 11) is 0. The van der Waals surface area contributed by atoms with E-state index in [1.807, 2.05) is 48.9 Å². The van der Waals surface area contributed by atoms with Crippen LogP contribution >= 0.6 is 0 Å². The van der Waals surface area contributed by atoms with Crippen LogP contribution < -0.4 is 9.80 Å². The molecule has 1 aliphatic carbocycles. The Morgan fingerprint density at radius 2 is 1.76 bits per heavy atom. The Morgan fingerprint density at radius 3 is 2.53 bits per heavy atom. The summed E-state index contributed by atoms with van der Waals surface area (Å²) in [4.78, 5) is 17.3. The summed E-state index contributed by atoms with van der Waals surface area (Å²) in [5.74, 6) is 2.66. The molecule has 0 N–H and O–H groups in total. The highest BCUT2D eigenvalue weighted by Crippen LogP contribution is 2.41. The summed E-state index contributed by atoms with van der Waals surface area (Å²) < 4.78 is 2.09. The van der Waals surface area contributed by atoms with E-state index in [1.54, 1.807) is 0 Å². The summed E-state index contributed by atoms with van der Waals surface area (Å²) in [5, 5.41) is 8.92. The van der Waals surface area contributed by atoms with Crippen LogP contribution in [0.15, 0.2) is 117 Å². The molecular weight excluding hydrogens is 629 g/mol. The normalized spacial score (nSPS) is 20.3. The van der Waals surface area contributed by atoms with Crippen molar-refractivity contribution in [3.63, 3.8) is 0 Å². The number of anilines is 2. The van der Waals surface area contributed by atoms with Crippen LogP contribution in [0.4, 0.5) is 11.5 Å². The summed E-state index contributed by atoms with van der Waals surface area (Å²) in [5.41, 5.74) is 8.99. The van der Waals surface area contributed by atoms with Crippen molar-refractivity contribution in [3.8, 4) is 17.1 Å². The van der Waals surface area contributed by atoms with E-state index in [2.05, 4.69) is 91.7 Å². The van der Waals surface area contributed by atoms with E-state index in [1.165, 1.54) is 49.0 Å². The Labute approximate surface area is 301 Å². The molecule has 1 atom stereocenters. The molecular formula is C43H48N8. The van der Waals surface area contributed by atoms with E-state index >= 15 is 0 Å². The van der Waals surface area contributed by atoms with Gasteiger partial charge in [-0.2, -0.15) is 0 Å². The molecule has 1 aromatic carbocycles. The second-order valence-corrected chi connectivity index (χ2v) is 14.3. The Balaban J connectivity index is 0.897. The first-order chi connectivity index (χ1) is 25.1. The molecule has 1 unspecified atom stereocenters. The third-order valence-corrected chi connectivity index (χ3v) is 11.3. The van der Waals surface area contributed by atoms with Gasteiger partial charge in [-0.15, -0.1) is 23.4 Å². The Bertz CT molecular complexity index is 2010.